The minimum atomic E-state index is -3.90. The van der Waals surface area contributed by atoms with Crippen LogP contribution < -0.4 is 0 Å². The highest BCUT2D eigenvalue weighted by Crippen LogP contribution is 2.58. The Hall–Kier alpha value is -9.42. The Bertz CT molecular complexity index is 4480. The molecule has 16 aromatic rings. The Morgan fingerprint density at radius 3 is 0.685 bits per heavy atom. The molecule has 4 aromatic heterocycles. The minimum absolute atomic E-state index is 1.22. The highest BCUT2D eigenvalue weighted by atomic mass is 28.4. The van der Waals surface area contributed by atoms with E-state index < -0.39 is 8.72 Å². The maximum Gasteiger partial charge on any atom is 0.521 e. The molecule has 73 heavy (non-hydrogen) atoms. The van der Waals surface area contributed by atoms with Crippen LogP contribution in [-0.2, 0) is 0 Å². The summed E-state index contributed by atoms with van der Waals surface area (Å²) in [5.74, 6) is 0. The van der Waals surface area contributed by atoms with E-state index in [2.05, 4.69) is 260 Å². The van der Waals surface area contributed by atoms with Gasteiger partial charge in [0.1, 0.15) is 0 Å². The molecule has 5 heteroatoms. The fourth-order valence-electron chi connectivity index (χ4n) is 14.3. The number of benzene rings is 12. The second kappa shape index (κ2) is 13.5. The van der Waals surface area contributed by atoms with Crippen LogP contribution in [0.3, 0.4) is 0 Å². The molecule has 0 atom stereocenters. The first kappa shape index (κ1) is 38.3. The number of rotatable bonds is 4. The molecule has 2 aliphatic heterocycles. The van der Waals surface area contributed by atoms with Crippen molar-refractivity contribution in [1.29, 1.82) is 0 Å². The molecular formula is C68H40N4Si. The van der Waals surface area contributed by atoms with Gasteiger partial charge >= 0.3 is 8.72 Å². The molecule has 4 nitrogen and oxygen atoms in total. The van der Waals surface area contributed by atoms with Crippen LogP contribution in [0.5, 0.6) is 0 Å². The summed E-state index contributed by atoms with van der Waals surface area (Å²) in [6.07, 6.45) is 0. The first-order valence-corrected chi connectivity index (χ1v) is 27.2. The highest BCUT2D eigenvalue weighted by Gasteiger charge is 2.57. The molecule has 0 fully saturated rings. The van der Waals surface area contributed by atoms with E-state index >= 15 is 0 Å². The molecule has 336 valence electrons. The van der Waals surface area contributed by atoms with Gasteiger partial charge in [0.25, 0.3) is 0 Å². The van der Waals surface area contributed by atoms with Crippen LogP contribution in [-0.4, -0.2) is 25.7 Å². The van der Waals surface area contributed by atoms with Gasteiger partial charge in [-0.05, 0) is 104 Å². The third kappa shape index (κ3) is 4.47. The summed E-state index contributed by atoms with van der Waals surface area (Å²) in [4.78, 5) is 0. The fourth-order valence-corrected chi connectivity index (χ4v) is 19.6. The predicted molar refractivity (Wildman–Crippen MR) is 309 cm³/mol. The van der Waals surface area contributed by atoms with Crippen LogP contribution >= 0.6 is 0 Å². The van der Waals surface area contributed by atoms with Crippen molar-refractivity contribution in [2.75, 3.05) is 0 Å². The van der Waals surface area contributed by atoms with Crippen LogP contribution in [0.4, 0.5) is 0 Å². The number of hydrogen-bond donors (Lipinski definition) is 0. The predicted octanol–water partition coefficient (Wildman–Crippen LogP) is 17.6. The molecule has 0 amide bonds. The maximum atomic E-state index is 2.93. The van der Waals surface area contributed by atoms with Gasteiger partial charge in [-0.1, -0.05) is 194 Å². The molecule has 2 aliphatic rings. The lowest BCUT2D eigenvalue weighted by molar-refractivity contribution is 0.916. The van der Waals surface area contributed by atoms with Gasteiger partial charge in [0, 0.05) is 75.9 Å². The van der Waals surface area contributed by atoms with E-state index in [4.69, 9.17) is 0 Å². The fraction of sp³-hybridized carbons (Fsp3) is 0. The van der Waals surface area contributed by atoms with E-state index in [1.54, 1.807) is 0 Å². The third-order valence-electron chi connectivity index (χ3n) is 16.8. The topological polar surface area (TPSA) is 19.7 Å². The van der Waals surface area contributed by atoms with Crippen LogP contribution in [0.2, 0.25) is 0 Å². The SMILES string of the molecule is c1ccc(-c2cc3cc(-c4ccccc4)c4c5ccccc5n5c4c3c3c2c2ccccc2n3[Si]52n3c4ccccc4c4c(-c5ccccc5)cc5cc(-c6ccccc6)c6c7ccccc7n2c6c5c43)cc1. The Balaban J connectivity index is 1.22. The molecule has 12 aromatic carbocycles. The summed E-state index contributed by atoms with van der Waals surface area (Å²) in [6.45, 7) is 0. The lowest BCUT2D eigenvalue weighted by Gasteiger charge is -2.43. The Labute approximate surface area is 419 Å². The quantitative estimate of drug-likeness (QED) is 0.157. The summed E-state index contributed by atoms with van der Waals surface area (Å²) in [6, 6.07) is 92.0. The highest BCUT2D eigenvalue weighted by molar-refractivity contribution is 6.83. The molecule has 0 N–H and O–H groups in total. The summed E-state index contributed by atoms with van der Waals surface area (Å²) in [5, 5.41) is 15.4. The van der Waals surface area contributed by atoms with Gasteiger partial charge in [-0.2, -0.15) is 0 Å². The van der Waals surface area contributed by atoms with E-state index in [-0.39, 0.29) is 0 Å². The standard InChI is InChI=1S/C68H40N4Si/c1-5-21-41(22-6-1)51-37-45-38-52(42-23-7-2-8-24-42)62-48-30-14-18-34-56(48)70-66(62)59(45)65-61(51)47-29-13-17-33-55(47)69(65)73(70)71-57-35-19-15-31-49(57)63-53(43-25-9-3-10-26-43)39-46-40-54(44-27-11-4-12-28-44)64-50-32-16-20-36-58(50)72(73)68(64)60(46)67(63)71/h1-40H. The van der Waals surface area contributed by atoms with Crippen molar-refractivity contribution in [3.8, 4) is 44.5 Å². The lowest BCUT2D eigenvalue weighted by atomic mass is 9.90. The molecule has 1 spiro atoms. The average molecular weight is 941 g/mol. The number of hydrogen-bond acceptors (Lipinski definition) is 0. The summed E-state index contributed by atoms with van der Waals surface area (Å²) < 4.78 is 11.7. The largest absolute Gasteiger partial charge is 0.521 e. The van der Waals surface area contributed by atoms with Crippen molar-refractivity contribution >= 4 is 117 Å². The number of aromatic nitrogens is 4. The number of para-hydroxylation sites is 4. The number of nitrogens with zero attached hydrogens (tertiary/aromatic N) is 4. The minimum Gasteiger partial charge on any atom is -0.314 e. The van der Waals surface area contributed by atoms with Gasteiger partial charge in [0.05, 0.1) is 22.1 Å². The van der Waals surface area contributed by atoms with Gasteiger partial charge in [-0.25, -0.2) is 0 Å². The van der Waals surface area contributed by atoms with E-state index in [0.29, 0.717) is 0 Å². The Kier molecular flexibility index (Phi) is 7.09. The smallest absolute Gasteiger partial charge is 0.314 e. The molecule has 0 unspecified atom stereocenters. The monoisotopic (exact) mass is 940 g/mol. The van der Waals surface area contributed by atoms with Gasteiger partial charge < -0.3 is 16.9 Å². The molecule has 0 aliphatic carbocycles. The first-order chi connectivity index (χ1) is 36.3. The molecular weight excluding hydrogens is 901 g/mol. The van der Waals surface area contributed by atoms with Crippen molar-refractivity contribution in [1.82, 2.24) is 16.9 Å². The molecule has 6 heterocycles. The van der Waals surface area contributed by atoms with Crippen LogP contribution in [0, 0.1) is 0 Å². The Morgan fingerprint density at radius 1 is 0.219 bits per heavy atom. The Morgan fingerprint density at radius 2 is 0.438 bits per heavy atom. The summed E-state index contributed by atoms with van der Waals surface area (Å²) in [5.41, 5.74) is 20.1. The molecule has 0 saturated heterocycles. The summed E-state index contributed by atoms with van der Waals surface area (Å²) >= 11 is 0. The van der Waals surface area contributed by atoms with Crippen LogP contribution in [0.1, 0.15) is 0 Å². The van der Waals surface area contributed by atoms with Crippen molar-refractivity contribution in [3.63, 3.8) is 0 Å². The first-order valence-electron chi connectivity index (χ1n) is 25.4. The second-order valence-electron chi connectivity index (χ2n) is 20.3. The normalized spacial score (nSPS) is 13.6. The van der Waals surface area contributed by atoms with Crippen molar-refractivity contribution < 1.29 is 0 Å². The lowest BCUT2D eigenvalue weighted by Crippen LogP contribution is -2.65. The zero-order chi connectivity index (χ0) is 47.3. The van der Waals surface area contributed by atoms with Crippen LogP contribution in [0.15, 0.2) is 243 Å². The van der Waals surface area contributed by atoms with E-state index in [0.717, 1.165) is 0 Å². The maximum absolute atomic E-state index is 3.90. The molecule has 18 rings (SSSR count). The van der Waals surface area contributed by atoms with Crippen molar-refractivity contribution in [3.05, 3.63) is 243 Å². The average Bonchev–Trinajstić information content (AvgIpc) is 4.30. The zero-order valence-electron chi connectivity index (χ0n) is 39.4. The third-order valence-corrected chi connectivity index (χ3v) is 21.1. The van der Waals surface area contributed by atoms with Crippen molar-refractivity contribution in [2.24, 2.45) is 0 Å². The molecule has 0 radical (unpaired) electrons. The zero-order valence-corrected chi connectivity index (χ0v) is 40.4. The second-order valence-corrected chi connectivity index (χ2v) is 23.3. The van der Waals surface area contributed by atoms with E-state index in [9.17, 15) is 0 Å². The summed E-state index contributed by atoms with van der Waals surface area (Å²) in [7, 11) is -3.90. The van der Waals surface area contributed by atoms with Gasteiger partial charge in [0.2, 0.25) is 0 Å². The molecule has 0 bridgehead atoms. The van der Waals surface area contributed by atoms with Gasteiger partial charge in [-0.15, -0.1) is 0 Å². The number of fused-ring (bicyclic) bond motifs is 16. The van der Waals surface area contributed by atoms with E-state index in [1.165, 1.54) is 153 Å². The van der Waals surface area contributed by atoms with E-state index in [1.807, 2.05) is 0 Å². The van der Waals surface area contributed by atoms with Gasteiger partial charge in [-0.3, -0.25) is 0 Å². The van der Waals surface area contributed by atoms with Crippen LogP contribution in [0.25, 0.3) is 153 Å². The van der Waals surface area contributed by atoms with Crippen molar-refractivity contribution in [2.45, 2.75) is 0 Å². The van der Waals surface area contributed by atoms with Gasteiger partial charge in [0.15, 0.2) is 0 Å². The molecule has 0 saturated carbocycles.